The van der Waals surface area contributed by atoms with Gasteiger partial charge in [0.15, 0.2) is 0 Å². The van der Waals surface area contributed by atoms with Gasteiger partial charge in [0, 0.05) is 12.7 Å². The summed E-state index contributed by atoms with van der Waals surface area (Å²) in [6.45, 7) is 9.06. The Hall–Kier alpha value is -4.26. The van der Waals surface area contributed by atoms with E-state index in [0.717, 1.165) is 23.1 Å². The minimum atomic E-state index is -0.682. The smallest absolute Gasteiger partial charge is 0.341 e. The Morgan fingerprint density at radius 1 is 0.786 bits per heavy atom. The second-order valence-corrected chi connectivity index (χ2v) is 10.1. The van der Waals surface area contributed by atoms with Crippen LogP contribution in [-0.4, -0.2) is 37.4 Å². The molecule has 3 aromatic rings. The second-order valence-electron chi connectivity index (χ2n) is 10.1. The summed E-state index contributed by atoms with van der Waals surface area (Å²) in [4.78, 5) is 24.5. The van der Waals surface area contributed by atoms with Crippen molar-refractivity contribution in [3.8, 4) is 22.6 Å². The molecule has 0 aromatic heterocycles. The van der Waals surface area contributed by atoms with Crippen LogP contribution in [0.15, 0.2) is 91.0 Å². The summed E-state index contributed by atoms with van der Waals surface area (Å²) in [7, 11) is 1.49. The zero-order chi connectivity index (χ0) is 30.3. The van der Waals surface area contributed by atoms with Crippen molar-refractivity contribution >= 4 is 24.1 Å². The van der Waals surface area contributed by atoms with Crippen LogP contribution in [0.3, 0.4) is 0 Å². The largest absolute Gasteiger partial charge is 0.423 e. The molecule has 0 bridgehead atoms. The molecule has 0 atom stereocenters. The molecule has 0 spiro atoms. The van der Waals surface area contributed by atoms with Crippen LogP contribution in [0.1, 0.15) is 55.7 Å². The third-order valence-electron chi connectivity index (χ3n) is 6.70. The van der Waals surface area contributed by atoms with E-state index in [1.807, 2.05) is 36.4 Å². The summed E-state index contributed by atoms with van der Waals surface area (Å²) in [5, 5.41) is 9.07. The molecular formula is C36H40O6. The fraction of sp³-hybridized carbons (Fsp3) is 0.278. The van der Waals surface area contributed by atoms with Gasteiger partial charge in [0.2, 0.25) is 0 Å². The highest BCUT2D eigenvalue weighted by molar-refractivity contribution is 5.91. The topological polar surface area (TPSA) is 82.1 Å². The number of ether oxygens (including phenoxy) is 3. The summed E-state index contributed by atoms with van der Waals surface area (Å²) in [6, 6.07) is 21.0. The second kappa shape index (κ2) is 16.9. The number of hydrogen-bond donors (Lipinski definition) is 1. The number of methoxy groups -OCH3 is 1. The quantitative estimate of drug-likeness (QED) is 0.0630. The van der Waals surface area contributed by atoms with Crippen molar-refractivity contribution in [2.24, 2.45) is 0 Å². The lowest BCUT2D eigenvalue weighted by Crippen LogP contribution is -2.14. The number of hydrogen-bond acceptors (Lipinski definition) is 6. The molecule has 0 saturated heterocycles. The summed E-state index contributed by atoms with van der Waals surface area (Å²) < 4.78 is 15.9. The zero-order valence-corrected chi connectivity index (χ0v) is 24.6. The molecule has 0 aliphatic rings. The van der Waals surface area contributed by atoms with Crippen molar-refractivity contribution in [3.05, 3.63) is 108 Å². The van der Waals surface area contributed by atoms with Gasteiger partial charge < -0.3 is 19.3 Å². The minimum Gasteiger partial charge on any atom is -0.423 e. The molecule has 0 heterocycles. The van der Waals surface area contributed by atoms with Crippen molar-refractivity contribution in [1.82, 2.24) is 0 Å². The van der Waals surface area contributed by atoms with E-state index < -0.39 is 18.5 Å². The first-order chi connectivity index (χ1) is 20.3. The number of carbonyl (C=O) groups is 2. The molecule has 3 aromatic carbocycles. The predicted molar refractivity (Wildman–Crippen MR) is 168 cm³/mol. The maximum absolute atomic E-state index is 12.6. The van der Waals surface area contributed by atoms with E-state index in [1.54, 1.807) is 18.2 Å². The Morgan fingerprint density at radius 2 is 1.45 bits per heavy atom. The molecule has 6 nitrogen and oxygen atoms in total. The van der Waals surface area contributed by atoms with Crippen LogP contribution in [0.25, 0.3) is 23.3 Å². The van der Waals surface area contributed by atoms with Crippen molar-refractivity contribution in [1.29, 1.82) is 0 Å². The number of aliphatic hydroxyl groups excluding tert-OH is 1. The van der Waals surface area contributed by atoms with Gasteiger partial charge in [-0.15, -0.1) is 0 Å². The van der Waals surface area contributed by atoms with Crippen molar-refractivity contribution in [3.63, 3.8) is 0 Å². The molecule has 0 aliphatic heterocycles. The van der Waals surface area contributed by atoms with Crippen LogP contribution in [0.2, 0.25) is 0 Å². The zero-order valence-electron chi connectivity index (χ0n) is 24.6. The average molecular weight is 569 g/mol. The Bertz CT molecular complexity index is 1380. The minimum absolute atomic E-state index is 0.0223. The van der Waals surface area contributed by atoms with Crippen LogP contribution < -0.4 is 9.47 Å². The number of unbranched alkanes of at least 4 members (excludes halogenated alkanes) is 4. The summed E-state index contributed by atoms with van der Waals surface area (Å²) in [5.74, 6) is -0.504. The number of carbonyl (C=O) groups excluding carboxylic acids is 2. The highest BCUT2D eigenvalue weighted by Gasteiger charge is 2.14. The first-order valence-corrected chi connectivity index (χ1v) is 14.3. The van der Waals surface area contributed by atoms with E-state index in [-0.39, 0.29) is 17.8 Å². The molecule has 0 radical (unpaired) electrons. The van der Waals surface area contributed by atoms with E-state index in [1.165, 1.54) is 44.8 Å². The van der Waals surface area contributed by atoms with Gasteiger partial charge >= 0.3 is 11.9 Å². The SMILES string of the molecule is C=C(CO)C(=O)Oc1ccc(-c2ccc(OC(=O)C(=C)COC)c(/C=C/c3ccc(CCCCCCC)cc3)c2)cc1. The lowest BCUT2D eigenvalue weighted by atomic mass is 10.0. The maximum Gasteiger partial charge on any atom is 0.341 e. The Labute approximate surface area is 249 Å². The third kappa shape index (κ3) is 9.98. The molecule has 0 aliphatic carbocycles. The van der Waals surface area contributed by atoms with Gasteiger partial charge in [-0.05, 0) is 59.4 Å². The van der Waals surface area contributed by atoms with E-state index in [2.05, 4.69) is 44.3 Å². The lowest BCUT2D eigenvalue weighted by Gasteiger charge is -2.12. The molecule has 3 rings (SSSR count). The maximum atomic E-state index is 12.6. The van der Waals surface area contributed by atoms with Crippen LogP contribution in [-0.2, 0) is 20.7 Å². The summed E-state index contributed by atoms with van der Waals surface area (Å²) in [5.41, 5.74) is 5.01. The first-order valence-electron chi connectivity index (χ1n) is 14.3. The molecule has 0 fully saturated rings. The molecule has 42 heavy (non-hydrogen) atoms. The van der Waals surface area contributed by atoms with Crippen LogP contribution in [0, 0.1) is 0 Å². The Kier molecular flexibility index (Phi) is 13.0. The Balaban J connectivity index is 1.81. The Morgan fingerprint density at radius 3 is 2.12 bits per heavy atom. The summed E-state index contributed by atoms with van der Waals surface area (Å²) >= 11 is 0. The van der Waals surface area contributed by atoms with Gasteiger partial charge in [-0.3, -0.25) is 0 Å². The normalized spacial score (nSPS) is 10.9. The van der Waals surface area contributed by atoms with Gasteiger partial charge in [-0.1, -0.05) is 100 Å². The highest BCUT2D eigenvalue weighted by Crippen LogP contribution is 2.30. The van der Waals surface area contributed by atoms with Crippen LogP contribution in [0.5, 0.6) is 11.5 Å². The third-order valence-corrected chi connectivity index (χ3v) is 6.70. The molecule has 220 valence electrons. The molecule has 6 heteroatoms. The van der Waals surface area contributed by atoms with Crippen LogP contribution in [0.4, 0.5) is 0 Å². The van der Waals surface area contributed by atoms with Gasteiger partial charge in [-0.25, -0.2) is 9.59 Å². The lowest BCUT2D eigenvalue weighted by molar-refractivity contribution is -0.131. The number of aryl methyl sites for hydroxylation is 1. The molecule has 1 N–H and O–H groups in total. The number of esters is 2. The van der Waals surface area contributed by atoms with Crippen molar-refractivity contribution in [2.75, 3.05) is 20.3 Å². The van der Waals surface area contributed by atoms with Gasteiger partial charge in [0.25, 0.3) is 0 Å². The number of benzene rings is 3. The highest BCUT2D eigenvalue weighted by atomic mass is 16.5. The van der Waals surface area contributed by atoms with E-state index in [0.29, 0.717) is 17.1 Å². The van der Waals surface area contributed by atoms with Gasteiger partial charge in [0.1, 0.15) is 11.5 Å². The molecular weight excluding hydrogens is 528 g/mol. The fourth-order valence-electron chi connectivity index (χ4n) is 4.23. The van der Waals surface area contributed by atoms with E-state index >= 15 is 0 Å². The van der Waals surface area contributed by atoms with Gasteiger partial charge in [-0.2, -0.15) is 0 Å². The molecule has 0 unspecified atom stereocenters. The van der Waals surface area contributed by atoms with Gasteiger partial charge in [0.05, 0.1) is 24.4 Å². The van der Waals surface area contributed by atoms with Crippen molar-refractivity contribution in [2.45, 2.75) is 45.4 Å². The fourth-order valence-corrected chi connectivity index (χ4v) is 4.23. The van der Waals surface area contributed by atoms with E-state index in [4.69, 9.17) is 19.3 Å². The monoisotopic (exact) mass is 568 g/mol. The molecule has 0 saturated carbocycles. The number of aliphatic hydroxyl groups is 1. The van der Waals surface area contributed by atoms with Crippen molar-refractivity contribution < 1.29 is 28.9 Å². The average Bonchev–Trinajstić information content (AvgIpc) is 3.01. The summed E-state index contributed by atoms with van der Waals surface area (Å²) in [6.07, 6.45) is 11.3. The standard InChI is InChI=1S/C36H40O6/c1-5-6-7-8-9-10-28-11-13-29(14-12-28)15-16-32-23-31(19-22-34(32)42-36(39)27(3)25-40-4)30-17-20-33(21-18-30)41-35(38)26(2)24-37/h11-23,37H,2-3,5-10,24-25H2,1,4H3/b16-15+. The first kappa shape index (κ1) is 32.3. The number of rotatable bonds is 16. The van der Waals surface area contributed by atoms with E-state index in [9.17, 15) is 9.59 Å². The molecule has 0 amide bonds. The van der Waals surface area contributed by atoms with Crippen LogP contribution >= 0.6 is 0 Å². The predicted octanol–water partition coefficient (Wildman–Crippen LogP) is 7.60.